The summed E-state index contributed by atoms with van der Waals surface area (Å²) in [6.07, 6.45) is 2.61. The number of hydrogen-bond donors (Lipinski definition) is 0. The molecule has 0 aliphatic heterocycles. The molecular weight excluding hydrogens is 350 g/mol. The molecule has 124 valence electrons. The van der Waals surface area contributed by atoms with Gasteiger partial charge in [0, 0.05) is 27.1 Å². The fourth-order valence-corrected chi connectivity index (χ4v) is 2.39. The van der Waals surface area contributed by atoms with Crippen molar-refractivity contribution in [3.63, 3.8) is 0 Å². The molecule has 0 N–H and O–H groups in total. The first kappa shape index (κ1) is 18.6. The van der Waals surface area contributed by atoms with Crippen LogP contribution in [0.4, 0.5) is 0 Å². The lowest BCUT2D eigenvalue weighted by Gasteiger charge is -2.28. The van der Waals surface area contributed by atoms with E-state index in [1.165, 1.54) is 11.6 Å². The van der Waals surface area contributed by atoms with E-state index in [4.69, 9.17) is 0 Å². The van der Waals surface area contributed by atoms with Gasteiger partial charge in [-0.2, -0.15) is 0 Å². The van der Waals surface area contributed by atoms with Gasteiger partial charge in [-0.3, -0.25) is 13.9 Å². The number of aryl methyl sites for hydroxylation is 2. The van der Waals surface area contributed by atoms with Gasteiger partial charge >= 0.3 is 5.69 Å². The van der Waals surface area contributed by atoms with Crippen LogP contribution in [0.2, 0.25) is 0 Å². The summed E-state index contributed by atoms with van der Waals surface area (Å²) in [6.45, 7) is 4.99. The Hall–Kier alpha value is -1.41. The van der Waals surface area contributed by atoms with Gasteiger partial charge in [0.25, 0.3) is 5.56 Å². The Balaban J connectivity index is 0.00000242. The molecule has 0 radical (unpaired) electrons. The van der Waals surface area contributed by atoms with E-state index < -0.39 is 0 Å². The molecule has 0 spiro atoms. The zero-order chi connectivity index (χ0) is 15.8. The van der Waals surface area contributed by atoms with Crippen LogP contribution in [-0.4, -0.2) is 50.4 Å². The number of rotatable bonds is 5. The van der Waals surface area contributed by atoms with E-state index in [1.54, 1.807) is 13.4 Å². The van der Waals surface area contributed by atoms with Crippen molar-refractivity contribution in [3.8, 4) is 0 Å². The molecule has 0 unspecified atom stereocenters. The SMILES string of the molecule is CC[N+](C)(C)CCCn1cnc2c1c(=O)n(C)c(=O)n2C.[Br-]. The zero-order valence-corrected chi connectivity index (χ0v) is 15.4. The van der Waals surface area contributed by atoms with Crippen molar-refractivity contribution in [1.29, 1.82) is 0 Å². The van der Waals surface area contributed by atoms with Crippen LogP contribution in [0, 0.1) is 0 Å². The van der Waals surface area contributed by atoms with Crippen LogP contribution in [0.15, 0.2) is 15.9 Å². The fraction of sp³-hybridized carbons (Fsp3) is 0.643. The van der Waals surface area contributed by atoms with Crippen LogP contribution in [0.3, 0.4) is 0 Å². The lowest BCUT2D eigenvalue weighted by molar-refractivity contribution is -0.888. The number of halogens is 1. The van der Waals surface area contributed by atoms with Gasteiger partial charge in [0.2, 0.25) is 0 Å². The molecule has 2 heterocycles. The average molecular weight is 374 g/mol. The second kappa shape index (κ2) is 6.78. The summed E-state index contributed by atoms with van der Waals surface area (Å²) in [6, 6.07) is 0. The molecular formula is C14H24BrN5O2. The minimum Gasteiger partial charge on any atom is -1.00 e. The van der Waals surface area contributed by atoms with Crippen LogP contribution >= 0.6 is 0 Å². The Kier molecular flexibility index (Phi) is 5.75. The van der Waals surface area contributed by atoms with Crippen molar-refractivity contribution in [2.45, 2.75) is 19.9 Å². The molecule has 2 aromatic heterocycles. The monoisotopic (exact) mass is 373 g/mol. The summed E-state index contributed by atoms with van der Waals surface area (Å²) < 4.78 is 5.35. The van der Waals surface area contributed by atoms with Crippen molar-refractivity contribution < 1.29 is 21.5 Å². The third-order valence-corrected chi connectivity index (χ3v) is 4.24. The number of aromatic nitrogens is 4. The lowest BCUT2D eigenvalue weighted by Crippen LogP contribution is -3.00. The summed E-state index contributed by atoms with van der Waals surface area (Å²) in [4.78, 5) is 28.4. The van der Waals surface area contributed by atoms with Crippen LogP contribution in [-0.2, 0) is 20.6 Å². The predicted octanol–water partition coefficient (Wildman–Crippen LogP) is -3.08. The highest BCUT2D eigenvalue weighted by molar-refractivity contribution is 5.69. The van der Waals surface area contributed by atoms with E-state index in [2.05, 4.69) is 26.0 Å². The summed E-state index contributed by atoms with van der Waals surface area (Å²) in [5.74, 6) is 0. The first-order chi connectivity index (χ1) is 9.78. The molecule has 2 aromatic rings. The highest BCUT2D eigenvalue weighted by atomic mass is 79.9. The van der Waals surface area contributed by atoms with E-state index in [0.29, 0.717) is 11.2 Å². The molecule has 0 amide bonds. The van der Waals surface area contributed by atoms with E-state index in [0.717, 1.165) is 35.1 Å². The highest BCUT2D eigenvalue weighted by Gasteiger charge is 2.15. The Morgan fingerprint density at radius 3 is 2.41 bits per heavy atom. The minimum absolute atomic E-state index is 0. The molecule has 0 aromatic carbocycles. The average Bonchev–Trinajstić information content (AvgIpc) is 2.86. The summed E-state index contributed by atoms with van der Waals surface area (Å²) in [5.41, 5.74) is 0.324. The maximum atomic E-state index is 12.3. The molecule has 8 heteroatoms. The molecule has 2 rings (SSSR count). The highest BCUT2D eigenvalue weighted by Crippen LogP contribution is 2.07. The predicted molar refractivity (Wildman–Crippen MR) is 82.3 cm³/mol. The van der Waals surface area contributed by atoms with Gasteiger partial charge in [-0.05, 0) is 6.92 Å². The standard InChI is InChI=1S/C14H24N5O2.BrH/c1-6-19(4,5)9-7-8-18-10-15-12-11(18)13(20)17(3)14(21)16(12)2;/h10H,6-9H2,1-5H3;1H/q+1;/p-1. The minimum atomic E-state index is -0.346. The summed E-state index contributed by atoms with van der Waals surface area (Å²) in [5, 5.41) is 0. The number of hydrogen-bond acceptors (Lipinski definition) is 3. The summed E-state index contributed by atoms with van der Waals surface area (Å²) in [7, 11) is 7.51. The first-order valence-corrected chi connectivity index (χ1v) is 7.21. The quantitative estimate of drug-likeness (QED) is 0.522. The number of nitrogens with zero attached hydrogens (tertiary/aromatic N) is 5. The Labute approximate surface area is 140 Å². The first-order valence-electron chi connectivity index (χ1n) is 7.21. The Morgan fingerprint density at radius 2 is 1.82 bits per heavy atom. The van der Waals surface area contributed by atoms with Gasteiger partial charge in [-0.25, -0.2) is 9.78 Å². The molecule has 22 heavy (non-hydrogen) atoms. The van der Waals surface area contributed by atoms with Gasteiger partial charge in [0.05, 0.1) is 33.5 Å². The number of quaternary nitrogens is 1. The second-order valence-electron chi connectivity index (χ2n) is 6.15. The van der Waals surface area contributed by atoms with Crippen LogP contribution < -0.4 is 28.2 Å². The van der Waals surface area contributed by atoms with Crippen molar-refractivity contribution in [2.24, 2.45) is 14.1 Å². The zero-order valence-electron chi connectivity index (χ0n) is 13.8. The van der Waals surface area contributed by atoms with E-state index in [1.807, 2.05) is 4.57 Å². The largest absolute Gasteiger partial charge is 1.00 e. The van der Waals surface area contributed by atoms with Gasteiger partial charge in [-0.1, -0.05) is 0 Å². The fourth-order valence-electron chi connectivity index (χ4n) is 2.39. The third-order valence-electron chi connectivity index (χ3n) is 4.24. The second-order valence-corrected chi connectivity index (χ2v) is 6.15. The van der Waals surface area contributed by atoms with E-state index in [-0.39, 0.29) is 28.2 Å². The maximum Gasteiger partial charge on any atom is 0.332 e. The molecule has 0 aliphatic carbocycles. The van der Waals surface area contributed by atoms with Crippen molar-refractivity contribution in [3.05, 3.63) is 27.2 Å². The van der Waals surface area contributed by atoms with Gasteiger partial charge in [0.1, 0.15) is 0 Å². The van der Waals surface area contributed by atoms with Crippen molar-refractivity contribution in [1.82, 2.24) is 18.7 Å². The number of fused-ring (bicyclic) bond motifs is 1. The maximum absolute atomic E-state index is 12.3. The van der Waals surface area contributed by atoms with Gasteiger partial charge < -0.3 is 26.0 Å². The van der Waals surface area contributed by atoms with E-state index >= 15 is 0 Å². The molecule has 0 fully saturated rings. The normalized spacial score (nSPS) is 11.7. The van der Waals surface area contributed by atoms with E-state index in [9.17, 15) is 9.59 Å². The molecule has 0 saturated heterocycles. The molecule has 0 saturated carbocycles. The smallest absolute Gasteiger partial charge is 0.332 e. The third kappa shape index (κ3) is 3.33. The molecule has 0 aliphatic rings. The van der Waals surface area contributed by atoms with Crippen LogP contribution in [0.5, 0.6) is 0 Å². The van der Waals surface area contributed by atoms with Crippen molar-refractivity contribution in [2.75, 3.05) is 27.2 Å². The molecule has 0 atom stereocenters. The molecule has 0 bridgehead atoms. The topological polar surface area (TPSA) is 61.8 Å². The van der Waals surface area contributed by atoms with Crippen LogP contribution in [0.1, 0.15) is 13.3 Å². The Bertz CT molecular complexity index is 772. The molecule has 7 nitrogen and oxygen atoms in total. The lowest BCUT2D eigenvalue weighted by atomic mass is 10.3. The number of imidazole rings is 1. The van der Waals surface area contributed by atoms with Crippen LogP contribution in [0.25, 0.3) is 11.2 Å². The summed E-state index contributed by atoms with van der Waals surface area (Å²) >= 11 is 0. The Morgan fingerprint density at radius 1 is 1.18 bits per heavy atom. The van der Waals surface area contributed by atoms with Gasteiger partial charge in [0.15, 0.2) is 11.2 Å². The van der Waals surface area contributed by atoms with Gasteiger partial charge in [-0.15, -0.1) is 0 Å². The van der Waals surface area contributed by atoms with Crippen molar-refractivity contribution >= 4 is 11.2 Å².